The van der Waals surface area contributed by atoms with Crippen LogP contribution in [0.2, 0.25) is 0 Å². The smallest absolute Gasteiger partial charge is 0.184 e. The van der Waals surface area contributed by atoms with Gasteiger partial charge in [-0.05, 0) is 36.5 Å². The van der Waals surface area contributed by atoms with Crippen molar-refractivity contribution in [3.8, 4) is 0 Å². The second-order valence-electron chi connectivity index (χ2n) is 9.39. The lowest BCUT2D eigenvalue weighted by Crippen LogP contribution is -2.27. The average Bonchev–Trinajstić information content (AvgIpc) is 3.12. The number of nitrogens with zero attached hydrogens (tertiary/aromatic N) is 3. The SMILES string of the molecule is O=C1CN=C2CCCc3c2c2c1cccc2n3CCN(Cc1ccccc1)Cc1ccccc1. The second-order valence-corrected chi connectivity index (χ2v) is 9.39. The van der Waals surface area contributed by atoms with Crippen molar-refractivity contribution in [2.75, 3.05) is 13.1 Å². The van der Waals surface area contributed by atoms with Gasteiger partial charge in [-0.3, -0.25) is 14.7 Å². The number of carbonyl (C=O) groups is 1. The summed E-state index contributed by atoms with van der Waals surface area (Å²) in [5.74, 6) is 0.141. The van der Waals surface area contributed by atoms with E-state index in [1.54, 1.807) is 0 Å². The highest BCUT2D eigenvalue weighted by Crippen LogP contribution is 2.36. The molecule has 0 fully saturated rings. The zero-order valence-electron chi connectivity index (χ0n) is 19.4. The molecule has 4 heteroatoms. The van der Waals surface area contributed by atoms with Crippen LogP contribution in [0.15, 0.2) is 83.9 Å². The van der Waals surface area contributed by atoms with Gasteiger partial charge in [0.15, 0.2) is 5.78 Å². The third-order valence-electron chi connectivity index (χ3n) is 7.17. The van der Waals surface area contributed by atoms with Gasteiger partial charge in [0.2, 0.25) is 0 Å². The number of carbonyl (C=O) groups excluding carboxylic acids is 1. The number of aliphatic imine (C=N–C) groups is 1. The Morgan fingerprint density at radius 3 is 2.24 bits per heavy atom. The molecule has 0 saturated carbocycles. The lowest BCUT2D eigenvalue weighted by atomic mass is 9.92. The van der Waals surface area contributed by atoms with E-state index in [1.165, 1.54) is 27.9 Å². The van der Waals surface area contributed by atoms with Crippen molar-refractivity contribution < 1.29 is 4.79 Å². The molecular weight excluding hydrogens is 418 g/mol. The van der Waals surface area contributed by atoms with Crippen molar-refractivity contribution in [3.05, 3.63) is 107 Å². The first-order valence-corrected chi connectivity index (χ1v) is 12.3. The molecule has 0 unspecified atom stereocenters. The normalized spacial score (nSPS) is 15.0. The minimum Gasteiger partial charge on any atom is -0.343 e. The number of hydrogen-bond acceptors (Lipinski definition) is 3. The Morgan fingerprint density at radius 1 is 0.824 bits per heavy atom. The van der Waals surface area contributed by atoms with Crippen molar-refractivity contribution in [3.63, 3.8) is 0 Å². The highest BCUT2D eigenvalue weighted by molar-refractivity contribution is 6.22. The number of aromatic nitrogens is 1. The van der Waals surface area contributed by atoms with Crippen LogP contribution in [0, 0.1) is 0 Å². The Balaban J connectivity index is 1.36. The average molecular weight is 448 g/mol. The Hall–Kier alpha value is -3.50. The highest BCUT2D eigenvalue weighted by atomic mass is 16.1. The third-order valence-corrected chi connectivity index (χ3v) is 7.17. The summed E-state index contributed by atoms with van der Waals surface area (Å²) in [4.78, 5) is 20.1. The molecular formula is C30H29N3O. The topological polar surface area (TPSA) is 37.6 Å². The largest absolute Gasteiger partial charge is 0.343 e. The molecule has 2 aliphatic rings. The fourth-order valence-corrected chi connectivity index (χ4v) is 5.61. The summed E-state index contributed by atoms with van der Waals surface area (Å²) in [5.41, 5.74) is 8.44. The molecule has 2 heterocycles. The molecule has 1 aliphatic carbocycles. The lowest BCUT2D eigenvalue weighted by molar-refractivity contribution is 0.100. The molecule has 0 radical (unpaired) electrons. The second kappa shape index (κ2) is 9.03. The maximum absolute atomic E-state index is 12.8. The first kappa shape index (κ1) is 21.1. The van der Waals surface area contributed by atoms with Crippen molar-refractivity contribution in [2.24, 2.45) is 4.99 Å². The fourth-order valence-electron chi connectivity index (χ4n) is 5.61. The number of benzene rings is 3. The monoisotopic (exact) mass is 447 g/mol. The van der Waals surface area contributed by atoms with Crippen molar-refractivity contribution >= 4 is 22.4 Å². The third kappa shape index (κ3) is 3.88. The zero-order chi connectivity index (χ0) is 22.9. The maximum atomic E-state index is 12.8. The molecule has 1 aliphatic heterocycles. The molecule has 170 valence electrons. The molecule has 0 saturated heterocycles. The van der Waals surface area contributed by atoms with Crippen LogP contribution in [0.1, 0.15) is 45.6 Å². The number of ketones is 1. The number of hydrogen-bond donors (Lipinski definition) is 0. The van der Waals surface area contributed by atoms with E-state index >= 15 is 0 Å². The van der Waals surface area contributed by atoms with Crippen LogP contribution in [0.4, 0.5) is 0 Å². The zero-order valence-corrected chi connectivity index (χ0v) is 19.4. The molecule has 0 spiro atoms. The molecule has 0 amide bonds. The predicted octanol–water partition coefficient (Wildman–Crippen LogP) is 5.67. The summed E-state index contributed by atoms with van der Waals surface area (Å²) >= 11 is 0. The van der Waals surface area contributed by atoms with Gasteiger partial charge in [0, 0.05) is 59.6 Å². The molecule has 34 heavy (non-hydrogen) atoms. The first-order valence-electron chi connectivity index (χ1n) is 12.3. The molecule has 0 atom stereocenters. The van der Waals surface area contributed by atoms with E-state index in [9.17, 15) is 4.79 Å². The quantitative estimate of drug-likeness (QED) is 0.366. The minimum absolute atomic E-state index is 0.141. The van der Waals surface area contributed by atoms with Crippen molar-refractivity contribution in [1.29, 1.82) is 0 Å². The van der Waals surface area contributed by atoms with Gasteiger partial charge in [-0.25, -0.2) is 0 Å². The van der Waals surface area contributed by atoms with E-state index in [0.29, 0.717) is 0 Å². The minimum atomic E-state index is 0.141. The van der Waals surface area contributed by atoms with Gasteiger partial charge in [-0.1, -0.05) is 72.8 Å². The summed E-state index contributed by atoms with van der Waals surface area (Å²) in [7, 11) is 0. The van der Waals surface area contributed by atoms with Gasteiger partial charge in [0.05, 0.1) is 0 Å². The van der Waals surface area contributed by atoms with Crippen LogP contribution in [0.3, 0.4) is 0 Å². The summed E-state index contributed by atoms with van der Waals surface area (Å²) in [6.45, 7) is 3.94. The molecule has 4 nitrogen and oxygen atoms in total. The van der Waals surface area contributed by atoms with E-state index in [-0.39, 0.29) is 12.3 Å². The van der Waals surface area contributed by atoms with Crippen LogP contribution in [-0.4, -0.2) is 34.1 Å². The van der Waals surface area contributed by atoms with Gasteiger partial charge in [-0.2, -0.15) is 0 Å². The molecule has 0 N–H and O–H groups in total. The summed E-state index contributed by atoms with van der Waals surface area (Å²) < 4.78 is 2.48. The summed E-state index contributed by atoms with van der Waals surface area (Å²) in [6.07, 6.45) is 3.12. The fraction of sp³-hybridized carbons (Fsp3) is 0.267. The summed E-state index contributed by atoms with van der Waals surface area (Å²) in [6, 6.07) is 27.6. The van der Waals surface area contributed by atoms with Crippen LogP contribution in [0.25, 0.3) is 10.9 Å². The van der Waals surface area contributed by atoms with Crippen LogP contribution >= 0.6 is 0 Å². The molecule has 1 aromatic heterocycles. The van der Waals surface area contributed by atoms with E-state index in [1.807, 2.05) is 12.1 Å². The number of Topliss-reactive ketones (excluding diaryl/α,β-unsaturated/α-hetero) is 1. The molecule has 4 aromatic rings. The van der Waals surface area contributed by atoms with Crippen LogP contribution < -0.4 is 0 Å². The van der Waals surface area contributed by atoms with Crippen molar-refractivity contribution in [1.82, 2.24) is 9.47 Å². The van der Waals surface area contributed by atoms with Gasteiger partial charge in [0.25, 0.3) is 0 Å². The predicted molar refractivity (Wildman–Crippen MR) is 138 cm³/mol. The van der Waals surface area contributed by atoms with Gasteiger partial charge < -0.3 is 4.57 Å². The van der Waals surface area contributed by atoms with Crippen LogP contribution in [-0.2, 0) is 26.1 Å². The van der Waals surface area contributed by atoms with E-state index < -0.39 is 0 Å². The Bertz CT molecular complexity index is 1330. The lowest BCUT2D eigenvalue weighted by Gasteiger charge is -2.25. The molecule has 0 bridgehead atoms. The molecule has 3 aromatic carbocycles. The first-order chi connectivity index (χ1) is 16.8. The highest BCUT2D eigenvalue weighted by Gasteiger charge is 2.29. The Kier molecular flexibility index (Phi) is 5.60. The Morgan fingerprint density at radius 2 is 1.53 bits per heavy atom. The standard InChI is InChI=1S/C30H29N3O/c34-28-19-31-25-14-8-16-27-30(25)29-24(28)13-7-15-26(29)33(27)18-17-32(20-22-9-3-1-4-10-22)21-23-11-5-2-6-12-23/h1-7,9-13,15H,8,14,16-21H2. The molecule has 6 rings (SSSR count). The summed E-state index contributed by atoms with van der Waals surface area (Å²) in [5, 5.41) is 1.14. The van der Waals surface area contributed by atoms with E-state index in [2.05, 4.69) is 76.2 Å². The van der Waals surface area contributed by atoms with Gasteiger partial charge in [-0.15, -0.1) is 0 Å². The number of rotatable bonds is 7. The van der Waals surface area contributed by atoms with Gasteiger partial charge >= 0.3 is 0 Å². The van der Waals surface area contributed by atoms with Crippen LogP contribution in [0.5, 0.6) is 0 Å². The van der Waals surface area contributed by atoms with Gasteiger partial charge in [0.1, 0.15) is 6.54 Å². The van der Waals surface area contributed by atoms with E-state index in [0.717, 1.165) is 62.1 Å². The Labute approximate surface area is 200 Å². The van der Waals surface area contributed by atoms with Crippen molar-refractivity contribution in [2.45, 2.75) is 38.9 Å². The maximum Gasteiger partial charge on any atom is 0.184 e. The van der Waals surface area contributed by atoms with E-state index in [4.69, 9.17) is 4.99 Å².